The number of hydrogen-bond donors (Lipinski definition) is 0. The summed E-state index contributed by atoms with van der Waals surface area (Å²) in [5.41, 5.74) is 4.69. The maximum absolute atomic E-state index is 11.8. The number of hydrogen-bond acceptors (Lipinski definition) is 2. The first kappa shape index (κ1) is 11.1. The summed E-state index contributed by atoms with van der Waals surface area (Å²) in [6.07, 6.45) is 4.68. The Bertz CT molecular complexity index is 573. The largest absolute Gasteiger partial charge is 0.270 e. The molecule has 0 N–H and O–H groups in total. The third-order valence-corrected chi connectivity index (χ3v) is 4.92. The zero-order chi connectivity index (χ0) is 12.2. The second-order valence-electron chi connectivity index (χ2n) is 5.16. The fourth-order valence-corrected chi connectivity index (χ4v) is 3.82. The quantitative estimate of drug-likeness (QED) is 0.808. The van der Waals surface area contributed by atoms with Gasteiger partial charge in [0.1, 0.15) is 0 Å². The molecule has 0 bridgehead atoms. The molecule has 1 aromatic rings. The van der Waals surface area contributed by atoms with E-state index in [0.29, 0.717) is 12.5 Å². The first-order valence-corrected chi connectivity index (χ1v) is 7.93. The van der Waals surface area contributed by atoms with Gasteiger partial charge in [-0.3, -0.25) is 4.31 Å². The van der Waals surface area contributed by atoms with Crippen LogP contribution < -0.4 is 4.31 Å². The Morgan fingerprint density at radius 1 is 1.29 bits per heavy atom. The monoisotopic (exact) mass is 251 g/mol. The number of aryl methyl sites for hydroxylation is 1. The highest BCUT2D eigenvalue weighted by Gasteiger charge is 2.34. The van der Waals surface area contributed by atoms with Crippen LogP contribution in [0.25, 0.3) is 0 Å². The summed E-state index contributed by atoms with van der Waals surface area (Å²) in [5, 5.41) is 0. The number of nitrogens with zero attached hydrogens (tertiary/aromatic N) is 1. The van der Waals surface area contributed by atoms with Gasteiger partial charge in [-0.15, -0.1) is 0 Å². The Balaban J connectivity index is 2.17. The molecule has 0 atom stereocenters. The number of fused-ring (bicyclic) bond motifs is 1. The van der Waals surface area contributed by atoms with Crippen molar-refractivity contribution in [3.05, 3.63) is 28.8 Å². The molecule has 0 amide bonds. The molecule has 0 spiro atoms. The van der Waals surface area contributed by atoms with Crippen LogP contribution in [0.5, 0.6) is 0 Å². The average molecular weight is 251 g/mol. The van der Waals surface area contributed by atoms with Gasteiger partial charge in [-0.2, -0.15) is 0 Å². The van der Waals surface area contributed by atoms with Crippen LogP contribution in [-0.2, 0) is 16.4 Å². The van der Waals surface area contributed by atoms with Crippen LogP contribution in [0.3, 0.4) is 0 Å². The van der Waals surface area contributed by atoms with E-state index in [1.165, 1.54) is 30.2 Å². The number of rotatable bonds is 2. The van der Waals surface area contributed by atoms with Gasteiger partial charge in [0.05, 0.1) is 11.9 Å². The van der Waals surface area contributed by atoms with Gasteiger partial charge in [-0.25, -0.2) is 8.42 Å². The normalized spacial score (nSPS) is 19.5. The zero-order valence-electron chi connectivity index (χ0n) is 10.2. The van der Waals surface area contributed by atoms with Crippen molar-refractivity contribution in [2.75, 3.05) is 17.1 Å². The van der Waals surface area contributed by atoms with Gasteiger partial charge in [0, 0.05) is 6.54 Å². The van der Waals surface area contributed by atoms with Crippen molar-refractivity contribution < 1.29 is 8.42 Å². The molecule has 2 aliphatic rings. The van der Waals surface area contributed by atoms with Crippen LogP contribution in [0.2, 0.25) is 0 Å². The Hall–Kier alpha value is -1.03. The summed E-state index contributed by atoms with van der Waals surface area (Å²) in [5.74, 6) is 0.684. The molecule has 1 heterocycles. The summed E-state index contributed by atoms with van der Waals surface area (Å²) in [4.78, 5) is 0. The van der Waals surface area contributed by atoms with Crippen LogP contribution in [0, 0.1) is 6.92 Å². The Morgan fingerprint density at radius 3 is 2.59 bits per heavy atom. The van der Waals surface area contributed by atoms with Gasteiger partial charge in [0.2, 0.25) is 10.0 Å². The highest BCUT2D eigenvalue weighted by Crippen LogP contribution is 2.46. The minimum Gasteiger partial charge on any atom is -0.270 e. The predicted molar refractivity (Wildman–Crippen MR) is 69.0 cm³/mol. The minimum absolute atomic E-state index is 0.610. The smallest absolute Gasteiger partial charge is 0.232 e. The van der Waals surface area contributed by atoms with Crippen molar-refractivity contribution in [1.82, 2.24) is 0 Å². The SMILES string of the molecule is Cc1ccc(C2CC2)c2c1N(S(C)(=O)=O)CC2. The fourth-order valence-electron chi connectivity index (χ4n) is 2.81. The summed E-state index contributed by atoms with van der Waals surface area (Å²) < 4.78 is 25.1. The lowest BCUT2D eigenvalue weighted by atomic mass is 9.98. The van der Waals surface area contributed by atoms with Gasteiger partial charge >= 0.3 is 0 Å². The minimum atomic E-state index is -3.13. The first-order chi connectivity index (χ1) is 7.98. The maximum Gasteiger partial charge on any atom is 0.232 e. The van der Waals surface area contributed by atoms with E-state index in [9.17, 15) is 8.42 Å². The van der Waals surface area contributed by atoms with Gasteiger partial charge in [-0.05, 0) is 48.8 Å². The van der Waals surface area contributed by atoms with Crippen molar-refractivity contribution in [2.45, 2.75) is 32.1 Å². The van der Waals surface area contributed by atoms with Crippen LogP contribution in [-0.4, -0.2) is 21.2 Å². The molecule has 1 fully saturated rings. The summed E-state index contributed by atoms with van der Waals surface area (Å²) >= 11 is 0. The van der Waals surface area contributed by atoms with Crippen molar-refractivity contribution in [3.8, 4) is 0 Å². The molecule has 0 unspecified atom stereocenters. The predicted octanol–water partition coefficient (Wildman–Crippen LogP) is 2.19. The standard InChI is InChI=1S/C13H17NO2S/c1-9-3-6-11(10-4-5-10)12-7-8-14(13(9)12)17(2,15)16/h3,6,10H,4-5,7-8H2,1-2H3. The van der Waals surface area contributed by atoms with E-state index in [4.69, 9.17) is 0 Å². The van der Waals surface area contributed by atoms with Crippen molar-refractivity contribution in [3.63, 3.8) is 0 Å². The molecule has 0 saturated heterocycles. The van der Waals surface area contributed by atoms with Crippen LogP contribution in [0.15, 0.2) is 12.1 Å². The second-order valence-corrected chi connectivity index (χ2v) is 7.07. The van der Waals surface area contributed by atoms with Crippen molar-refractivity contribution >= 4 is 15.7 Å². The van der Waals surface area contributed by atoms with E-state index < -0.39 is 10.0 Å². The molecule has 17 heavy (non-hydrogen) atoms. The number of anilines is 1. The van der Waals surface area contributed by atoms with Crippen LogP contribution in [0.1, 0.15) is 35.4 Å². The Morgan fingerprint density at radius 2 is 2.00 bits per heavy atom. The van der Waals surface area contributed by atoms with E-state index in [0.717, 1.165) is 17.7 Å². The average Bonchev–Trinajstić information content (AvgIpc) is 2.94. The zero-order valence-corrected chi connectivity index (χ0v) is 11.0. The molecular weight excluding hydrogens is 234 g/mol. The fraction of sp³-hybridized carbons (Fsp3) is 0.538. The lowest BCUT2D eigenvalue weighted by molar-refractivity contribution is 0.598. The Labute approximate surface area is 102 Å². The number of sulfonamides is 1. The molecule has 3 nitrogen and oxygen atoms in total. The maximum atomic E-state index is 11.8. The van der Waals surface area contributed by atoms with Crippen LogP contribution >= 0.6 is 0 Å². The highest BCUT2D eigenvalue weighted by molar-refractivity contribution is 7.92. The van der Waals surface area contributed by atoms with E-state index in [1.54, 1.807) is 4.31 Å². The molecule has 1 saturated carbocycles. The summed E-state index contributed by atoms with van der Waals surface area (Å²) in [7, 11) is -3.13. The molecule has 3 rings (SSSR count). The third kappa shape index (κ3) is 1.75. The van der Waals surface area contributed by atoms with E-state index >= 15 is 0 Å². The highest BCUT2D eigenvalue weighted by atomic mass is 32.2. The van der Waals surface area contributed by atoms with Gasteiger partial charge in [0.25, 0.3) is 0 Å². The lowest BCUT2D eigenvalue weighted by Crippen LogP contribution is -2.28. The van der Waals surface area contributed by atoms with E-state index in [2.05, 4.69) is 12.1 Å². The topological polar surface area (TPSA) is 37.4 Å². The Kier molecular flexibility index (Phi) is 2.27. The molecule has 0 radical (unpaired) electrons. The number of benzene rings is 1. The third-order valence-electron chi connectivity index (χ3n) is 3.75. The second kappa shape index (κ2) is 3.48. The molecule has 1 aromatic carbocycles. The van der Waals surface area contributed by atoms with E-state index in [1.807, 2.05) is 6.92 Å². The molecule has 92 valence electrons. The van der Waals surface area contributed by atoms with Crippen molar-refractivity contribution in [2.24, 2.45) is 0 Å². The van der Waals surface area contributed by atoms with Gasteiger partial charge in [-0.1, -0.05) is 12.1 Å². The molecule has 1 aliphatic carbocycles. The van der Waals surface area contributed by atoms with Crippen LogP contribution in [0.4, 0.5) is 5.69 Å². The molecule has 1 aliphatic heterocycles. The summed E-state index contributed by atoms with van der Waals surface area (Å²) in [6.45, 7) is 2.61. The molecule has 0 aromatic heterocycles. The lowest BCUT2D eigenvalue weighted by Gasteiger charge is -2.19. The van der Waals surface area contributed by atoms with Gasteiger partial charge < -0.3 is 0 Å². The van der Waals surface area contributed by atoms with E-state index in [-0.39, 0.29) is 0 Å². The molecular formula is C13H17NO2S. The first-order valence-electron chi connectivity index (χ1n) is 6.08. The molecule has 4 heteroatoms. The van der Waals surface area contributed by atoms with Crippen molar-refractivity contribution in [1.29, 1.82) is 0 Å². The summed E-state index contributed by atoms with van der Waals surface area (Å²) in [6, 6.07) is 4.26. The van der Waals surface area contributed by atoms with Gasteiger partial charge in [0.15, 0.2) is 0 Å².